The summed E-state index contributed by atoms with van der Waals surface area (Å²) in [6.45, 7) is 1.73. The molecule has 0 bridgehead atoms. The molecule has 0 unspecified atom stereocenters. The molecular formula is C13H11FO2. The minimum atomic E-state index is -0.322. The van der Waals surface area contributed by atoms with Gasteiger partial charge in [-0.1, -0.05) is 0 Å². The van der Waals surface area contributed by atoms with Crippen LogP contribution in [0.15, 0.2) is 41.2 Å². The van der Waals surface area contributed by atoms with Gasteiger partial charge in [0.05, 0.1) is 12.5 Å². The van der Waals surface area contributed by atoms with E-state index >= 15 is 0 Å². The van der Waals surface area contributed by atoms with Gasteiger partial charge in [-0.25, -0.2) is 4.39 Å². The number of carbonyl (C=O) groups is 1. The van der Waals surface area contributed by atoms with Crippen molar-refractivity contribution >= 4 is 5.78 Å². The lowest BCUT2D eigenvalue weighted by atomic mass is 10.0. The van der Waals surface area contributed by atoms with Crippen LogP contribution in [-0.4, -0.2) is 5.78 Å². The van der Waals surface area contributed by atoms with Crippen molar-refractivity contribution in [2.24, 2.45) is 0 Å². The van der Waals surface area contributed by atoms with Crippen LogP contribution in [0.25, 0.3) is 0 Å². The number of rotatable bonds is 3. The zero-order valence-electron chi connectivity index (χ0n) is 8.87. The Balaban J connectivity index is 2.21. The summed E-state index contributed by atoms with van der Waals surface area (Å²) >= 11 is 0. The van der Waals surface area contributed by atoms with Gasteiger partial charge in [-0.2, -0.15) is 0 Å². The van der Waals surface area contributed by atoms with Crippen molar-refractivity contribution in [1.29, 1.82) is 0 Å². The standard InChI is InChI=1S/C13H11FO2/c1-9-6-11(14)2-3-12(9)13(15)7-10-4-5-16-8-10/h2-6,8H,7H2,1H3. The Kier molecular flexibility index (Phi) is 2.86. The molecular weight excluding hydrogens is 207 g/mol. The van der Waals surface area contributed by atoms with Gasteiger partial charge in [-0.05, 0) is 42.3 Å². The highest BCUT2D eigenvalue weighted by molar-refractivity contribution is 5.98. The summed E-state index contributed by atoms with van der Waals surface area (Å²) in [6.07, 6.45) is 3.35. The van der Waals surface area contributed by atoms with E-state index in [1.165, 1.54) is 30.7 Å². The molecule has 1 aromatic heterocycles. The largest absolute Gasteiger partial charge is 0.472 e. The van der Waals surface area contributed by atoms with Gasteiger partial charge < -0.3 is 4.42 Å². The fourth-order valence-electron chi connectivity index (χ4n) is 1.61. The molecule has 0 amide bonds. The van der Waals surface area contributed by atoms with Crippen LogP contribution >= 0.6 is 0 Å². The first kappa shape index (κ1) is 10.6. The van der Waals surface area contributed by atoms with Gasteiger partial charge in [0, 0.05) is 12.0 Å². The maximum absolute atomic E-state index is 12.9. The molecule has 0 atom stereocenters. The van der Waals surface area contributed by atoms with Crippen molar-refractivity contribution in [3.63, 3.8) is 0 Å². The summed E-state index contributed by atoms with van der Waals surface area (Å²) in [5.74, 6) is -0.351. The van der Waals surface area contributed by atoms with Gasteiger partial charge in [0.2, 0.25) is 0 Å². The summed E-state index contributed by atoms with van der Waals surface area (Å²) in [6, 6.07) is 5.93. The van der Waals surface area contributed by atoms with Gasteiger partial charge in [0.1, 0.15) is 5.82 Å². The van der Waals surface area contributed by atoms with Crippen molar-refractivity contribution in [3.8, 4) is 0 Å². The average molecular weight is 218 g/mol. The fourth-order valence-corrected chi connectivity index (χ4v) is 1.61. The van der Waals surface area contributed by atoms with Gasteiger partial charge in [0.25, 0.3) is 0 Å². The molecule has 2 rings (SSSR count). The summed E-state index contributed by atoms with van der Waals surface area (Å²) in [5, 5.41) is 0. The zero-order valence-corrected chi connectivity index (χ0v) is 8.87. The van der Waals surface area contributed by atoms with E-state index in [2.05, 4.69) is 0 Å². The molecule has 1 aromatic carbocycles. The van der Waals surface area contributed by atoms with Crippen LogP contribution in [0.3, 0.4) is 0 Å². The highest BCUT2D eigenvalue weighted by atomic mass is 19.1. The molecule has 0 aliphatic rings. The topological polar surface area (TPSA) is 30.2 Å². The minimum absolute atomic E-state index is 0.0288. The lowest BCUT2D eigenvalue weighted by molar-refractivity contribution is 0.0992. The lowest BCUT2D eigenvalue weighted by Crippen LogP contribution is -2.05. The summed E-state index contributed by atoms with van der Waals surface area (Å²) in [5.41, 5.74) is 2.05. The van der Waals surface area contributed by atoms with E-state index in [0.29, 0.717) is 11.1 Å². The van der Waals surface area contributed by atoms with E-state index in [9.17, 15) is 9.18 Å². The number of hydrogen-bond acceptors (Lipinski definition) is 2. The van der Waals surface area contributed by atoms with E-state index < -0.39 is 0 Å². The predicted molar refractivity (Wildman–Crippen MR) is 57.9 cm³/mol. The van der Waals surface area contributed by atoms with Gasteiger partial charge >= 0.3 is 0 Å². The number of ketones is 1. The second-order valence-electron chi connectivity index (χ2n) is 3.69. The van der Waals surface area contributed by atoms with Gasteiger partial charge in [0.15, 0.2) is 5.78 Å². The first-order valence-electron chi connectivity index (χ1n) is 4.97. The molecule has 0 N–H and O–H groups in total. The Bertz CT molecular complexity index is 501. The first-order valence-corrected chi connectivity index (χ1v) is 4.97. The third-order valence-electron chi connectivity index (χ3n) is 2.43. The van der Waals surface area contributed by atoms with Crippen molar-refractivity contribution in [2.75, 3.05) is 0 Å². The average Bonchev–Trinajstić information content (AvgIpc) is 2.70. The molecule has 1 heterocycles. The molecule has 0 fully saturated rings. The van der Waals surface area contributed by atoms with Crippen LogP contribution in [0.4, 0.5) is 4.39 Å². The SMILES string of the molecule is Cc1cc(F)ccc1C(=O)Cc1ccoc1. The maximum atomic E-state index is 12.9. The van der Waals surface area contributed by atoms with Crippen molar-refractivity contribution in [2.45, 2.75) is 13.3 Å². The Hall–Kier alpha value is -1.90. The maximum Gasteiger partial charge on any atom is 0.167 e. The van der Waals surface area contributed by atoms with Gasteiger partial charge in [-0.15, -0.1) is 0 Å². The van der Waals surface area contributed by atoms with E-state index in [4.69, 9.17) is 4.42 Å². The molecule has 0 radical (unpaired) electrons. The Morgan fingerprint density at radius 2 is 2.19 bits per heavy atom. The first-order chi connectivity index (χ1) is 7.66. The Morgan fingerprint density at radius 1 is 1.38 bits per heavy atom. The number of aryl methyl sites for hydroxylation is 1. The molecule has 0 saturated carbocycles. The quantitative estimate of drug-likeness (QED) is 0.741. The molecule has 0 saturated heterocycles. The molecule has 16 heavy (non-hydrogen) atoms. The fraction of sp³-hybridized carbons (Fsp3) is 0.154. The Labute approximate surface area is 92.7 Å². The molecule has 82 valence electrons. The van der Waals surface area contributed by atoms with Crippen LogP contribution in [0.1, 0.15) is 21.5 Å². The Morgan fingerprint density at radius 3 is 2.81 bits per heavy atom. The highest BCUT2D eigenvalue weighted by Crippen LogP contribution is 2.13. The number of benzene rings is 1. The number of furan rings is 1. The number of carbonyl (C=O) groups excluding carboxylic acids is 1. The van der Waals surface area contributed by atoms with Crippen molar-refractivity contribution in [3.05, 3.63) is 59.3 Å². The molecule has 3 heteroatoms. The third-order valence-corrected chi connectivity index (χ3v) is 2.43. The van der Waals surface area contributed by atoms with E-state index in [-0.39, 0.29) is 18.0 Å². The van der Waals surface area contributed by atoms with E-state index in [0.717, 1.165) is 5.56 Å². The number of halogens is 1. The van der Waals surface area contributed by atoms with E-state index in [1.807, 2.05) is 0 Å². The van der Waals surface area contributed by atoms with Gasteiger partial charge in [-0.3, -0.25) is 4.79 Å². The second kappa shape index (κ2) is 4.31. The van der Waals surface area contributed by atoms with Crippen molar-refractivity contribution < 1.29 is 13.6 Å². The third kappa shape index (κ3) is 2.19. The van der Waals surface area contributed by atoms with Crippen LogP contribution in [0.5, 0.6) is 0 Å². The van der Waals surface area contributed by atoms with E-state index in [1.54, 1.807) is 13.0 Å². The number of hydrogen-bond donors (Lipinski definition) is 0. The summed E-state index contributed by atoms with van der Waals surface area (Å²) in [4.78, 5) is 11.9. The molecule has 2 nitrogen and oxygen atoms in total. The van der Waals surface area contributed by atoms with Crippen LogP contribution < -0.4 is 0 Å². The second-order valence-corrected chi connectivity index (χ2v) is 3.69. The lowest BCUT2D eigenvalue weighted by Gasteiger charge is -2.03. The predicted octanol–water partition coefficient (Wildman–Crippen LogP) is 3.15. The number of Topliss-reactive ketones (excluding diaryl/α,β-unsaturated/α-hetero) is 1. The van der Waals surface area contributed by atoms with Crippen LogP contribution in [-0.2, 0) is 6.42 Å². The monoisotopic (exact) mass is 218 g/mol. The molecule has 0 aliphatic heterocycles. The smallest absolute Gasteiger partial charge is 0.167 e. The molecule has 0 aliphatic carbocycles. The molecule has 2 aromatic rings. The van der Waals surface area contributed by atoms with Crippen LogP contribution in [0, 0.1) is 12.7 Å². The summed E-state index contributed by atoms with van der Waals surface area (Å²) in [7, 11) is 0. The summed E-state index contributed by atoms with van der Waals surface area (Å²) < 4.78 is 17.8. The molecule has 0 spiro atoms. The zero-order chi connectivity index (χ0) is 11.5. The minimum Gasteiger partial charge on any atom is -0.472 e. The van der Waals surface area contributed by atoms with Crippen molar-refractivity contribution in [1.82, 2.24) is 0 Å². The normalized spacial score (nSPS) is 10.4. The highest BCUT2D eigenvalue weighted by Gasteiger charge is 2.10. The van der Waals surface area contributed by atoms with Crippen LogP contribution in [0.2, 0.25) is 0 Å².